The topological polar surface area (TPSA) is 86.1 Å². The van der Waals surface area contributed by atoms with E-state index >= 15 is 0 Å². The quantitative estimate of drug-likeness (QED) is 0.564. The van der Waals surface area contributed by atoms with Crippen molar-refractivity contribution < 1.29 is 22.7 Å². The molecule has 7 nitrogen and oxygen atoms in total. The summed E-state index contributed by atoms with van der Waals surface area (Å²) in [5.74, 6) is -0.818. The number of fused-ring (bicyclic) bond motifs is 1. The van der Waals surface area contributed by atoms with Gasteiger partial charge in [-0.05, 0) is 24.3 Å². The first-order valence-corrected chi connectivity index (χ1v) is 7.30. The number of hydrogen-bond donors (Lipinski definition) is 1. The third-order valence-corrected chi connectivity index (χ3v) is 3.80. The third kappa shape index (κ3) is 3.01. The molecule has 26 heavy (non-hydrogen) atoms. The van der Waals surface area contributed by atoms with Gasteiger partial charge in [-0.25, -0.2) is 0 Å². The number of rotatable bonds is 3. The number of ether oxygens (including phenoxy) is 1. The van der Waals surface area contributed by atoms with Gasteiger partial charge in [-0.15, -0.1) is 0 Å². The largest absolute Gasteiger partial charge is 0.468 e. The molecule has 2 aromatic heterocycles. The van der Waals surface area contributed by atoms with Gasteiger partial charge in [0.1, 0.15) is 6.54 Å². The molecule has 0 amide bonds. The van der Waals surface area contributed by atoms with E-state index < -0.39 is 35.4 Å². The number of nitrogens with one attached hydrogen (secondary N) is 1. The highest BCUT2D eigenvalue weighted by molar-refractivity contribution is 5.81. The third-order valence-electron chi connectivity index (χ3n) is 3.80. The van der Waals surface area contributed by atoms with E-state index in [9.17, 15) is 27.6 Å². The van der Waals surface area contributed by atoms with Gasteiger partial charge >= 0.3 is 23.3 Å². The van der Waals surface area contributed by atoms with Crippen molar-refractivity contribution in [1.82, 2.24) is 14.1 Å². The fourth-order valence-electron chi connectivity index (χ4n) is 2.59. The number of hydrogen-bond acceptors (Lipinski definition) is 4. The van der Waals surface area contributed by atoms with Gasteiger partial charge in [-0.2, -0.15) is 13.2 Å². The lowest BCUT2D eigenvalue weighted by atomic mass is 10.1. The van der Waals surface area contributed by atoms with Crippen LogP contribution in [0.4, 0.5) is 13.2 Å². The van der Waals surface area contributed by atoms with Gasteiger partial charge in [0.05, 0.1) is 29.4 Å². The fraction of sp³-hybridized carbons (Fsp3) is 0.188. The number of aromatic nitrogens is 3. The molecular weight excluding hydrogens is 355 g/mol. The minimum atomic E-state index is -4.70. The summed E-state index contributed by atoms with van der Waals surface area (Å²) in [4.78, 5) is 37.5. The highest BCUT2D eigenvalue weighted by atomic mass is 19.4. The summed E-state index contributed by atoms with van der Waals surface area (Å²) < 4.78 is 46.9. The molecule has 0 aliphatic rings. The molecule has 0 radical (unpaired) electrons. The zero-order valence-corrected chi connectivity index (χ0v) is 13.3. The minimum Gasteiger partial charge on any atom is -0.468 e. The van der Waals surface area contributed by atoms with Crippen molar-refractivity contribution in [1.29, 1.82) is 0 Å². The van der Waals surface area contributed by atoms with Crippen LogP contribution in [-0.4, -0.2) is 27.2 Å². The molecule has 136 valence electrons. The second kappa shape index (κ2) is 6.21. The molecule has 10 heteroatoms. The second-order valence-corrected chi connectivity index (χ2v) is 5.40. The molecule has 0 aliphatic carbocycles. The van der Waals surface area contributed by atoms with E-state index in [0.717, 1.165) is 23.8 Å². The zero-order chi connectivity index (χ0) is 19.1. The van der Waals surface area contributed by atoms with Crippen molar-refractivity contribution in [3.63, 3.8) is 0 Å². The standard InChI is InChI=1S/C16H12F3N3O4/c1-26-13(23)8-22-12-7-11(21-4-2-3-5-21)9(16(17,18)19)6-10(12)20-14(24)15(22)25/h2-7H,8H2,1H3,(H,20,24). The van der Waals surface area contributed by atoms with Crippen molar-refractivity contribution >= 4 is 17.0 Å². The van der Waals surface area contributed by atoms with Gasteiger partial charge in [0, 0.05) is 12.4 Å². The number of H-pyrrole nitrogens is 1. The van der Waals surface area contributed by atoms with Gasteiger partial charge in [-0.1, -0.05) is 0 Å². The fourth-order valence-corrected chi connectivity index (χ4v) is 2.59. The average Bonchev–Trinajstić information content (AvgIpc) is 3.11. The molecule has 0 atom stereocenters. The van der Waals surface area contributed by atoms with Crippen LogP contribution in [0.5, 0.6) is 0 Å². The summed E-state index contributed by atoms with van der Waals surface area (Å²) >= 11 is 0. The summed E-state index contributed by atoms with van der Waals surface area (Å²) in [5, 5.41) is 0. The molecule has 0 spiro atoms. The molecule has 0 fully saturated rings. The van der Waals surface area contributed by atoms with E-state index in [4.69, 9.17) is 0 Å². The Bertz CT molecular complexity index is 1090. The Kier molecular flexibility index (Phi) is 4.18. The van der Waals surface area contributed by atoms with Gasteiger partial charge in [-0.3, -0.25) is 19.0 Å². The maximum atomic E-state index is 13.5. The molecule has 0 aliphatic heterocycles. The Hall–Kier alpha value is -3.30. The predicted molar refractivity (Wildman–Crippen MR) is 85.2 cm³/mol. The number of alkyl halides is 3. The smallest absolute Gasteiger partial charge is 0.418 e. The molecular formula is C16H12F3N3O4. The Morgan fingerprint density at radius 2 is 1.85 bits per heavy atom. The Morgan fingerprint density at radius 1 is 1.19 bits per heavy atom. The summed E-state index contributed by atoms with van der Waals surface area (Å²) in [6.45, 7) is -0.605. The summed E-state index contributed by atoms with van der Waals surface area (Å²) in [5.41, 5.74) is -3.71. The predicted octanol–water partition coefficient (Wildman–Crippen LogP) is 1.67. The number of nitrogens with zero attached hydrogens (tertiary/aromatic N) is 2. The summed E-state index contributed by atoms with van der Waals surface area (Å²) in [7, 11) is 1.09. The van der Waals surface area contributed by atoms with E-state index in [0.29, 0.717) is 0 Å². The van der Waals surface area contributed by atoms with Crippen LogP contribution in [0.2, 0.25) is 0 Å². The van der Waals surface area contributed by atoms with Gasteiger partial charge < -0.3 is 14.3 Å². The van der Waals surface area contributed by atoms with Crippen LogP contribution in [0.15, 0.2) is 46.2 Å². The number of carbonyl (C=O) groups is 1. The van der Waals surface area contributed by atoms with Crippen LogP contribution < -0.4 is 11.1 Å². The number of halogens is 3. The van der Waals surface area contributed by atoms with E-state index in [1.165, 1.54) is 17.0 Å². The minimum absolute atomic E-state index is 0.0308. The Morgan fingerprint density at radius 3 is 2.42 bits per heavy atom. The van der Waals surface area contributed by atoms with Crippen molar-refractivity contribution in [2.24, 2.45) is 0 Å². The number of methoxy groups -OCH3 is 1. The lowest BCUT2D eigenvalue weighted by Gasteiger charge is -2.17. The van der Waals surface area contributed by atoms with E-state index in [2.05, 4.69) is 9.72 Å². The first-order valence-electron chi connectivity index (χ1n) is 7.30. The van der Waals surface area contributed by atoms with Crippen LogP contribution in [0, 0.1) is 0 Å². The molecule has 0 bridgehead atoms. The van der Waals surface area contributed by atoms with Crippen LogP contribution >= 0.6 is 0 Å². The Balaban J connectivity index is 2.41. The molecule has 1 aromatic carbocycles. The van der Waals surface area contributed by atoms with E-state index in [-0.39, 0.29) is 16.7 Å². The van der Waals surface area contributed by atoms with Gasteiger partial charge in [0.15, 0.2) is 0 Å². The lowest BCUT2D eigenvalue weighted by Crippen LogP contribution is -2.38. The first kappa shape index (κ1) is 17.5. The number of aromatic amines is 1. The van der Waals surface area contributed by atoms with Crippen molar-refractivity contribution in [2.75, 3.05) is 7.11 Å². The molecule has 3 aromatic rings. The number of esters is 1. The monoisotopic (exact) mass is 367 g/mol. The second-order valence-electron chi connectivity index (χ2n) is 5.40. The maximum absolute atomic E-state index is 13.5. The molecule has 2 heterocycles. The van der Waals surface area contributed by atoms with Gasteiger partial charge in [0.2, 0.25) is 0 Å². The number of benzene rings is 1. The lowest BCUT2D eigenvalue weighted by molar-refractivity contribution is -0.141. The molecule has 3 rings (SSSR count). The normalized spacial score (nSPS) is 11.7. The van der Waals surface area contributed by atoms with Gasteiger partial charge in [0.25, 0.3) is 0 Å². The summed E-state index contributed by atoms with van der Waals surface area (Å²) in [6.07, 6.45) is -1.89. The van der Waals surface area contributed by atoms with Crippen molar-refractivity contribution in [3.8, 4) is 5.69 Å². The highest BCUT2D eigenvalue weighted by Crippen LogP contribution is 2.35. The van der Waals surface area contributed by atoms with E-state index in [1.54, 1.807) is 12.1 Å². The average molecular weight is 367 g/mol. The van der Waals surface area contributed by atoms with Crippen molar-refractivity contribution in [3.05, 3.63) is 62.9 Å². The van der Waals surface area contributed by atoms with Crippen LogP contribution in [0.25, 0.3) is 16.7 Å². The number of carbonyl (C=O) groups excluding carboxylic acids is 1. The first-order chi connectivity index (χ1) is 12.2. The van der Waals surface area contributed by atoms with Crippen molar-refractivity contribution in [2.45, 2.75) is 12.7 Å². The molecule has 0 saturated carbocycles. The molecule has 0 unspecified atom stereocenters. The molecule has 0 saturated heterocycles. The van der Waals surface area contributed by atoms with E-state index in [1.807, 2.05) is 0 Å². The highest BCUT2D eigenvalue weighted by Gasteiger charge is 2.35. The zero-order valence-electron chi connectivity index (χ0n) is 13.3. The van der Waals surface area contributed by atoms with Crippen LogP contribution in [-0.2, 0) is 22.3 Å². The summed E-state index contributed by atoms with van der Waals surface area (Å²) in [6, 6.07) is 4.91. The van der Waals surface area contributed by atoms with Crippen LogP contribution in [0.3, 0.4) is 0 Å². The SMILES string of the molecule is COC(=O)Cn1c(=O)c(=O)[nH]c2cc(C(F)(F)F)c(-n3cccc3)cc21. The molecule has 1 N–H and O–H groups in total. The van der Waals surface area contributed by atoms with Crippen LogP contribution in [0.1, 0.15) is 5.56 Å². The maximum Gasteiger partial charge on any atom is 0.418 e. The Labute approximate surface area is 143 Å².